The highest BCUT2D eigenvalue weighted by atomic mass is 35.5. The van der Waals surface area contributed by atoms with Gasteiger partial charge in [0, 0.05) is 25.8 Å². The SMILES string of the molecule is CN1CCCN(c2ncc(Cl)cc2F)CC1. The summed E-state index contributed by atoms with van der Waals surface area (Å²) in [7, 11) is 2.08. The number of hydrogen-bond donors (Lipinski definition) is 0. The van der Waals surface area contributed by atoms with Crippen LogP contribution in [0, 0.1) is 5.82 Å². The number of rotatable bonds is 1. The third-order valence-electron chi connectivity index (χ3n) is 2.81. The summed E-state index contributed by atoms with van der Waals surface area (Å²) < 4.78 is 13.7. The van der Waals surface area contributed by atoms with Crippen LogP contribution in [0.2, 0.25) is 5.02 Å². The number of aromatic nitrogens is 1. The van der Waals surface area contributed by atoms with Crippen molar-refractivity contribution in [1.29, 1.82) is 0 Å². The van der Waals surface area contributed by atoms with Crippen LogP contribution in [0.15, 0.2) is 12.3 Å². The monoisotopic (exact) mass is 243 g/mol. The molecular formula is C11H15ClFN3. The Morgan fingerprint density at radius 2 is 2.12 bits per heavy atom. The van der Waals surface area contributed by atoms with E-state index in [9.17, 15) is 4.39 Å². The van der Waals surface area contributed by atoms with E-state index in [1.165, 1.54) is 12.3 Å². The van der Waals surface area contributed by atoms with Gasteiger partial charge in [-0.2, -0.15) is 0 Å². The van der Waals surface area contributed by atoms with Crippen molar-refractivity contribution in [2.45, 2.75) is 6.42 Å². The van der Waals surface area contributed by atoms with E-state index in [0.717, 1.165) is 32.6 Å². The summed E-state index contributed by atoms with van der Waals surface area (Å²) in [5, 5.41) is 0.341. The molecule has 88 valence electrons. The molecule has 0 bridgehead atoms. The highest BCUT2D eigenvalue weighted by Gasteiger charge is 2.16. The van der Waals surface area contributed by atoms with Crippen molar-refractivity contribution in [2.75, 3.05) is 38.1 Å². The fourth-order valence-electron chi connectivity index (χ4n) is 1.90. The Bertz CT molecular complexity index is 372. The van der Waals surface area contributed by atoms with Crippen molar-refractivity contribution >= 4 is 17.4 Å². The van der Waals surface area contributed by atoms with E-state index in [-0.39, 0.29) is 5.82 Å². The number of nitrogens with zero attached hydrogens (tertiary/aromatic N) is 3. The Morgan fingerprint density at radius 3 is 2.88 bits per heavy atom. The Hall–Kier alpha value is -0.870. The first-order chi connectivity index (χ1) is 7.66. The Kier molecular flexibility index (Phi) is 3.61. The molecule has 0 saturated carbocycles. The van der Waals surface area contributed by atoms with Gasteiger partial charge in [0.2, 0.25) is 0 Å². The van der Waals surface area contributed by atoms with Gasteiger partial charge in [-0.25, -0.2) is 9.37 Å². The van der Waals surface area contributed by atoms with Gasteiger partial charge >= 0.3 is 0 Å². The van der Waals surface area contributed by atoms with E-state index in [1.54, 1.807) is 0 Å². The molecule has 1 aromatic heterocycles. The summed E-state index contributed by atoms with van der Waals surface area (Å²) >= 11 is 5.68. The van der Waals surface area contributed by atoms with E-state index in [2.05, 4.69) is 16.9 Å². The summed E-state index contributed by atoms with van der Waals surface area (Å²) in [6.45, 7) is 3.63. The maximum Gasteiger partial charge on any atom is 0.167 e. The van der Waals surface area contributed by atoms with Gasteiger partial charge in [0.15, 0.2) is 11.6 Å². The van der Waals surface area contributed by atoms with E-state index in [0.29, 0.717) is 10.8 Å². The summed E-state index contributed by atoms with van der Waals surface area (Å²) in [5.74, 6) is 0.0803. The average molecular weight is 244 g/mol. The molecule has 5 heteroatoms. The minimum absolute atomic E-state index is 0.336. The lowest BCUT2D eigenvalue weighted by Crippen LogP contribution is -2.30. The third-order valence-corrected chi connectivity index (χ3v) is 3.01. The smallest absolute Gasteiger partial charge is 0.167 e. The van der Waals surface area contributed by atoms with Crippen LogP contribution in [0.5, 0.6) is 0 Å². The van der Waals surface area contributed by atoms with Crippen LogP contribution < -0.4 is 4.90 Å². The molecule has 1 aliphatic heterocycles. The van der Waals surface area contributed by atoms with Crippen LogP contribution in [0.3, 0.4) is 0 Å². The molecule has 1 aromatic rings. The molecule has 16 heavy (non-hydrogen) atoms. The zero-order valence-electron chi connectivity index (χ0n) is 9.29. The van der Waals surface area contributed by atoms with Gasteiger partial charge in [0.05, 0.1) is 5.02 Å². The highest BCUT2D eigenvalue weighted by molar-refractivity contribution is 6.30. The third kappa shape index (κ3) is 2.62. The summed E-state index contributed by atoms with van der Waals surface area (Å²) in [5.41, 5.74) is 0. The number of halogens is 2. The fraction of sp³-hybridized carbons (Fsp3) is 0.545. The van der Waals surface area contributed by atoms with Gasteiger partial charge in [-0.15, -0.1) is 0 Å². The van der Waals surface area contributed by atoms with Crippen molar-refractivity contribution < 1.29 is 4.39 Å². The molecule has 0 radical (unpaired) electrons. The topological polar surface area (TPSA) is 19.4 Å². The number of anilines is 1. The van der Waals surface area contributed by atoms with Crippen LogP contribution >= 0.6 is 11.6 Å². The summed E-state index contributed by atoms with van der Waals surface area (Å²) in [6.07, 6.45) is 2.52. The molecule has 0 N–H and O–H groups in total. The quantitative estimate of drug-likeness (QED) is 0.752. The Labute approximate surface area is 99.8 Å². The van der Waals surface area contributed by atoms with E-state index >= 15 is 0 Å². The minimum atomic E-state index is -0.336. The van der Waals surface area contributed by atoms with Gasteiger partial charge in [-0.3, -0.25) is 0 Å². The van der Waals surface area contributed by atoms with Crippen molar-refractivity contribution in [3.8, 4) is 0 Å². The van der Waals surface area contributed by atoms with E-state index in [1.807, 2.05) is 4.90 Å². The average Bonchev–Trinajstić information content (AvgIpc) is 2.43. The minimum Gasteiger partial charge on any atom is -0.353 e. The lowest BCUT2D eigenvalue weighted by molar-refractivity contribution is 0.360. The second-order valence-electron chi connectivity index (χ2n) is 4.10. The largest absolute Gasteiger partial charge is 0.353 e. The predicted molar refractivity (Wildman–Crippen MR) is 63.5 cm³/mol. The molecule has 1 aliphatic rings. The first kappa shape index (κ1) is 11.6. The van der Waals surface area contributed by atoms with Crippen LogP contribution in [-0.4, -0.2) is 43.1 Å². The van der Waals surface area contributed by atoms with Gasteiger partial charge in [-0.1, -0.05) is 11.6 Å². The number of pyridine rings is 1. The highest BCUT2D eigenvalue weighted by Crippen LogP contribution is 2.20. The van der Waals surface area contributed by atoms with Crippen LogP contribution in [-0.2, 0) is 0 Å². The van der Waals surface area contributed by atoms with Crippen LogP contribution in [0.1, 0.15) is 6.42 Å². The molecule has 2 heterocycles. The Morgan fingerprint density at radius 1 is 1.31 bits per heavy atom. The second kappa shape index (κ2) is 4.97. The molecule has 3 nitrogen and oxygen atoms in total. The zero-order chi connectivity index (χ0) is 11.5. The Balaban J connectivity index is 2.16. The van der Waals surface area contributed by atoms with Gasteiger partial charge in [-0.05, 0) is 26.1 Å². The number of hydrogen-bond acceptors (Lipinski definition) is 3. The van der Waals surface area contributed by atoms with Crippen LogP contribution in [0.25, 0.3) is 0 Å². The molecule has 0 unspecified atom stereocenters. The normalized spacial score (nSPS) is 18.6. The van der Waals surface area contributed by atoms with E-state index < -0.39 is 0 Å². The van der Waals surface area contributed by atoms with Crippen molar-refractivity contribution in [3.05, 3.63) is 23.1 Å². The molecule has 0 spiro atoms. The molecular weight excluding hydrogens is 229 g/mol. The summed E-state index contributed by atoms with van der Waals surface area (Å²) in [4.78, 5) is 8.29. The summed E-state index contributed by atoms with van der Waals surface area (Å²) in [6, 6.07) is 1.32. The molecule has 1 saturated heterocycles. The first-order valence-corrected chi connectivity index (χ1v) is 5.79. The van der Waals surface area contributed by atoms with Gasteiger partial charge in [0.25, 0.3) is 0 Å². The maximum atomic E-state index is 13.7. The van der Waals surface area contributed by atoms with Crippen LogP contribution in [0.4, 0.5) is 10.2 Å². The van der Waals surface area contributed by atoms with Crippen molar-refractivity contribution in [1.82, 2.24) is 9.88 Å². The van der Waals surface area contributed by atoms with Gasteiger partial charge < -0.3 is 9.80 Å². The zero-order valence-corrected chi connectivity index (χ0v) is 10.0. The van der Waals surface area contributed by atoms with Crippen molar-refractivity contribution in [2.24, 2.45) is 0 Å². The predicted octanol–water partition coefficient (Wildman–Crippen LogP) is 2.02. The molecule has 1 fully saturated rings. The second-order valence-corrected chi connectivity index (χ2v) is 4.54. The molecule has 2 rings (SSSR count). The lowest BCUT2D eigenvalue weighted by atomic mass is 10.3. The fourth-order valence-corrected chi connectivity index (χ4v) is 2.04. The molecule has 0 amide bonds. The number of likely N-dealkylation sites (N-methyl/N-ethyl adjacent to an activating group) is 1. The lowest BCUT2D eigenvalue weighted by Gasteiger charge is -2.21. The first-order valence-electron chi connectivity index (χ1n) is 5.41. The molecule has 0 aromatic carbocycles. The van der Waals surface area contributed by atoms with Gasteiger partial charge in [0.1, 0.15) is 0 Å². The van der Waals surface area contributed by atoms with E-state index in [4.69, 9.17) is 11.6 Å². The molecule has 0 atom stereocenters. The standard InChI is InChI=1S/C11H15ClFN3/c1-15-3-2-4-16(6-5-15)11-10(13)7-9(12)8-14-11/h7-8H,2-6H2,1H3. The molecule has 0 aliphatic carbocycles. The van der Waals surface area contributed by atoms with Crippen molar-refractivity contribution in [3.63, 3.8) is 0 Å². The maximum absolute atomic E-state index is 13.7.